The normalized spacial score (nSPS) is 33.3. The molecular weight excluding hydrogens is 318 g/mol. The summed E-state index contributed by atoms with van der Waals surface area (Å²) in [6.07, 6.45) is 5.72. The van der Waals surface area contributed by atoms with Gasteiger partial charge in [-0.1, -0.05) is 6.92 Å². The van der Waals surface area contributed by atoms with Crippen molar-refractivity contribution in [1.82, 2.24) is 14.8 Å². The van der Waals surface area contributed by atoms with Crippen LogP contribution in [-0.4, -0.2) is 58.4 Å². The molecule has 3 aliphatic rings. The van der Waals surface area contributed by atoms with E-state index in [4.69, 9.17) is 4.74 Å². The molecule has 1 saturated carbocycles. The molecule has 2 bridgehead atoms. The molecule has 1 aromatic heterocycles. The van der Waals surface area contributed by atoms with Crippen molar-refractivity contribution in [1.29, 1.82) is 0 Å². The Labute approximate surface area is 148 Å². The minimum absolute atomic E-state index is 0.00238. The van der Waals surface area contributed by atoms with Gasteiger partial charge in [0, 0.05) is 43.2 Å². The molecule has 2 aliphatic heterocycles. The maximum Gasteiger partial charge on any atom is 0.255 e. The van der Waals surface area contributed by atoms with E-state index in [1.54, 1.807) is 32.4 Å². The number of carbonyl (C=O) groups excluding carboxylic acids is 2. The summed E-state index contributed by atoms with van der Waals surface area (Å²) in [5, 5.41) is 0. The number of carbonyl (C=O) groups is 2. The zero-order chi connectivity index (χ0) is 17.8. The molecule has 0 spiro atoms. The Balaban J connectivity index is 1.67. The standard InChI is InChI=1S/C19H25N3O3/c1-12(23)22-14-9-19(2)15(5-4-6-16(19)22)21(11-14)18(24)13-7-8-17(25-3)20-10-13/h7-8,10,14-16H,4-6,9,11H2,1-3H3/t14-,15+,16-,19+/m0/s1. The summed E-state index contributed by atoms with van der Waals surface area (Å²) in [5.41, 5.74) is 0.588. The van der Waals surface area contributed by atoms with Crippen LogP contribution < -0.4 is 4.74 Å². The number of pyridine rings is 1. The van der Waals surface area contributed by atoms with Crippen molar-refractivity contribution in [2.24, 2.45) is 5.41 Å². The minimum Gasteiger partial charge on any atom is -0.481 e. The zero-order valence-corrected chi connectivity index (χ0v) is 15.1. The predicted molar refractivity (Wildman–Crippen MR) is 92.3 cm³/mol. The number of hydrogen-bond acceptors (Lipinski definition) is 4. The average molecular weight is 343 g/mol. The number of rotatable bonds is 2. The number of piperidine rings is 1. The van der Waals surface area contributed by atoms with Crippen LogP contribution in [0.25, 0.3) is 0 Å². The quantitative estimate of drug-likeness (QED) is 0.825. The van der Waals surface area contributed by atoms with Crippen LogP contribution in [0.4, 0.5) is 0 Å². The van der Waals surface area contributed by atoms with Crippen LogP contribution in [0.5, 0.6) is 5.88 Å². The van der Waals surface area contributed by atoms with Gasteiger partial charge < -0.3 is 14.5 Å². The molecule has 4 atom stereocenters. The topological polar surface area (TPSA) is 62.7 Å². The Morgan fingerprint density at radius 3 is 2.68 bits per heavy atom. The van der Waals surface area contributed by atoms with E-state index in [2.05, 4.69) is 16.8 Å². The third-order valence-electron chi connectivity index (χ3n) is 6.48. The molecule has 2 saturated heterocycles. The molecule has 3 heterocycles. The lowest BCUT2D eigenvalue weighted by atomic mass is 9.65. The Kier molecular flexibility index (Phi) is 3.74. The fraction of sp³-hybridized carbons (Fsp3) is 0.632. The Morgan fingerprint density at radius 2 is 2.04 bits per heavy atom. The van der Waals surface area contributed by atoms with Crippen molar-refractivity contribution in [2.45, 2.75) is 57.7 Å². The first-order chi connectivity index (χ1) is 12.0. The predicted octanol–water partition coefficient (Wildman–Crippen LogP) is 2.09. The maximum atomic E-state index is 13.2. The molecule has 0 aromatic carbocycles. The van der Waals surface area contributed by atoms with E-state index in [1.807, 2.05) is 4.90 Å². The van der Waals surface area contributed by atoms with Crippen LogP contribution in [0.1, 0.15) is 49.9 Å². The SMILES string of the molecule is COc1ccc(C(=O)N2C[C@@H]3C[C@@]4(C)[C@H](CCC[C@@H]24)N3C(C)=O)cn1. The van der Waals surface area contributed by atoms with E-state index >= 15 is 0 Å². The second-order valence-electron chi connectivity index (χ2n) is 7.80. The smallest absolute Gasteiger partial charge is 0.255 e. The largest absolute Gasteiger partial charge is 0.481 e. The summed E-state index contributed by atoms with van der Waals surface area (Å²) < 4.78 is 5.08. The molecule has 2 amide bonds. The molecule has 6 heteroatoms. The second-order valence-corrected chi connectivity index (χ2v) is 7.80. The van der Waals surface area contributed by atoms with Crippen LogP contribution in [0.3, 0.4) is 0 Å². The third kappa shape index (κ3) is 2.34. The highest BCUT2D eigenvalue weighted by molar-refractivity contribution is 5.94. The van der Waals surface area contributed by atoms with E-state index in [0.29, 0.717) is 18.0 Å². The molecule has 3 fully saturated rings. The van der Waals surface area contributed by atoms with Gasteiger partial charge in [-0.05, 0) is 31.7 Å². The second kappa shape index (κ2) is 5.71. The van der Waals surface area contributed by atoms with Gasteiger partial charge >= 0.3 is 0 Å². The van der Waals surface area contributed by atoms with Gasteiger partial charge in [0.25, 0.3) is 5.91 Å². The van der Waals surface area contributed by atoms with Crippen molar-refractivity contribution < 1.29 is 14.3 Å². The van der Waals surface area contributed by atoms with Crippen LogP contribution in [0.2, 0.25) is 0 Å². The molecule has 134 valence electrons. The number of fused-ring (bicyclic) bond motifs is 1. The lowest BCUT2D eigenvalue weighted by Crippen LogP contribution is -2.57. The summed E-state index contributed by atoms with van der Waals surface area (Å²) in [6.45, 7) is 4.55. The van der Waals surface area contributed by atoms with Gasteiger partial charge in [-0.25, -0.2) is 4.98 Å². The summed E-state index contributed by atoms with van der Waals surface area (Å²) >= 11 is 0. The first-order valence-electron chi connectivity index (χ1n) is 9.05. The number of amides is 2. The van der Waals surface area contributed by atoms with Crippen LogP contribution >= 0.6 is 0 Å². The zero-order valence-electron chi connectivity index (χ0n) is 15.1. The number of hydrogen-bond donors (Lipinski definition) is 0. The number of aromatic nitrogens is 1. The minimum atomic E-state index is 0.00238. The van der Waals surface area contributed by atoms with Crippen molar-refractivity contribution in [3.63, 3.8) is 0 Å². The van der Waals surface area contributed by atoms with Crippen LogP contribution in [0.15, 0.2) is 18.3 Å². The van der Waals surface area contributed by atoms with Gasteiger partial charge in [-0.2, -0.15) is 0 Å². The van der Waals surface area contributed by atoms with Gasteiger partial charge in [0.05, 0.1) is 18.7 Å². The third-order valence-corrected chi connectivity index (χ3v) is 6.48. The Bertz CT molecular complexity index is 704. The summed E-state index contributed by atoms with van der Waals surface area (Å²) in [5.74, 6) is 0.657. The molecule has 1 aliphatic carbocycles. The first kappa shape index (κ1) is 16.4. The Hall–Kier alpha value is -2.11. The maximum absolute atomic E-state index is 13.2. The lowest BCUT2D eigenvalue weighted by molar-refractivity contribution is -0.132. The summed E-state index contributed by atoms with van der Waals surface area (Å²) in [4.78, 5) is 33.7. The van der Waals surface area contributed by atoms with Crippen molar-refractivity contribution in [2.75, 3.05) is 13.7 Å². The molecule has 25 heavy (non-hydrogen) atoms. The molecule has 6 nitrogen and oxygen atoms in total. The number of nitrogens with zero attached hydrogens (tertiary/aromatic N) is 3. The van der Waals surface area contributed by atoms with E-state index in [1.165, 1.54) is 0 Å². The molecule has 0 unspecified atom stereocenters. The van der Waals surface area contributed by atoms with Crippen molar-refractivity contribution in [3.05, 3.63) is 23.9 Å². The molecule has 4 rings (SSSR count). The van der Waals surface area contributed by atoms with Gasteiger partial charge in [0.2, 0.25) is 11.8 Å². The molecule has 1 aromatic rings. The number of ether oxygens (including phenoxy) is 1. The lowest BCUT2D eigenvalue weighted by Gasteiger charge is -2.49. The van der Waals surface area contributed by atoms with E-state index < -0.39 is 0 Å². The van der Waals surface area contributed by atoms with Gasteiger partial charge in [-0.3, -0.25) is 9.59 Å². The van der Waals surface area contributed by atoms with Crippen molar-refractivity contribution in [3.8, 4) is 5.88 Å². The Morgan fingerprint density at radius 1 is 1.28 bits per heavy atom. The number of methoxy groups -OCH3 is 1. The highest BCUT2D eigenvalue weighted by Crippen LogP contribution is 2.54. The monoisotopic (exact) mass is 343 g/mol. The highest BCUT2D eigenvalue weighted by atomic mass is 16.5. The van der Waals surface area contributed by atoms with E-state index in [-0.39, 0.29) is 35.4 Å². The molecular formula is C19H25N3O3. The summed E-state index contributed by atoms with van der Waals surface area (Å²) in [6, 6.07) is 4.09. The van der Waals surface area contributed by atoms with E-state index in [0.717, 1.165) is 25.7 Å². The number of likely N-dealkylation sites (tertiary alicyclic amines) is 2. The molecule has 0 radical (unpaired) electrons. The fourth-order valence-electron chi connectivity index (χ4n) is 5.49. The van der Waals surface area contributed by atoms with E-state index in [9.17, 15) is 9.59 Å². The van der Waals surface area contributed by atoms with Gasteiger partial charge in [0.15, 0.2) is 0 Å². The first-order valence-corrected chi connectivity index (χ1v) is 9.05. The average Bonchev–Trinajstić information content (AvgIpc) is 2.90. The highest BCUT2D eigenvalue weighted by Gasteiger charge is 2.61. The summed E-state index contributed by atoms with van der Waals surface area (Å²) in [7, 11) is 1.56. The van der Waals surface area contributed by atoms with Crippen LogP contribution in [0, 0.1) is 5.41 Å². The van der Waals surface area contributed by atoms with Crippen molar-refractivity contribution >= 4 is 11.8 Å². The van der Waals surface area contributed by atoms with Gasteiger partial charge in [-0.15, -0.1) is 0 Å². The molecule has 0 N–H and O–H groups in total. The van der Waals surface area contributed by atoms with Gasteiger partial charge in [0.1, 0.15) is 0 Å². The van der Waals surface area contributed by atoms with Crippen LogP contribution in [-0.2, 0) is 4.79 Å². The fourth-order valence-corrected chi connectivity index (χ4v) is 5.49.